The zero-order valence-electron chi connectivity index (χ0n) is 11.7. The fourth-order valence-electron chi connectivity index (χ4n) is 3.49. The third kappa shape index (κ3) is 2.33. The number of carboxylic acids is 1. The van der Waals surface area contributed by atoms with Gasteiger partial charge in [-0.1, -0.05) is 17.7 Å². The predicted octanol–water partition coefficient (Wildman–Crippen LogP) is 3.51. The molecule has 3 rings (SSSR count). The standard InChI is InChI=1S/C16H20ClNO2/c1-16(15(19)20)6-8-18(9-7-16)14-5-2-11-10-12(17)3-4-13(11)14/h3-4,10,14H,2,5-9H2,1H3,(H,19,20). The topological polar surface area (TPSA) is 40.5 Å². The summed E-state index contributed by atoms with van der Waals surface area (Å²) >= 11 is 6.05. The molecule has 0 radical (unpaired) electrons. The predicted molar refractivity (Wildman–Crippen MR) is 79.1 cm³/mol. The molecule has 2 aliphatic rings. The molecule has 1 saturated heterocycles. The van der Waals surface area contributed by atoms with Crippen molar-refractivity contribution in [2.45, 2.75) is 38.6 Å². The van der Waals surface area contributed by atoms with Gasteiger partial charge in [-0.3, -0.25) is 9.69 Å². The van der Waals surface area contributed by atoms with Crippen LogP contribution in [0.1, 0.15) is 43.4 Å². The molecule has 0 amide bonds. The molecule has 108 valence electrons. The molecule has 4 heteroatoms. The van der Waals surface area contributed by atoms with Crippen molar-refractivity contribution in [1.29, 1.82) is 0 Å². The second-order valence-corrected chi connectivity index (χ2v) is 6.74. The van der Waals surface area contributed by atoms with E-state index in [1.54, 1.807) is 0 Å². The minimum Gasteiger partial charge on any atom is -0.481 e. The van der Waals surface area contributed by atoms with Crippen molar-refractivity contribution >= 4 is 17.6 Å². The van der Waals surface area contributed by atoms with Crippen molar-refractivity contribution < 1.29 is 9.90 Å². The van der Waals surface area contributed by atoms with E-state index in [9.17, 15) is 9.90 Å². The number of carbonyl (C=O) groups is 1. The molecular weight excluding hydrogens is 274 g/mol. The van der Waals surface area contributed by atoms with Gasteiger partial charge in [-0.25, -0.2) is 0 Å². The maximum absolute atomic E-state index is 11.3. The Kier molecular flexibility index (Phi) is 3.51. The van der Waals surface area contributed by atoms with E-state index in [-0.39, 0.29) is 0 Å². The molecule has 0 spiro atoms. The Balaban J connectivity index is 1.73. The molecule has 1 aromatic carbocycles. The Labute approximate surface area is 124 Å². The van der Waals surface area contributed by atoms with Gasteiger partial charge in [-0.05, 0) is 69.0 Å². The molecule has 20 heavy (non-hydrogen) atoms. The average molecular weight is 294 g/mol. The van der Waals surface area contributed by atoms with Crippen LogP contribution in [-0.2, 0) is 11.2 Å². The number of halogens is 1. The number of hydrogen-bond donors (Lipinski definition) is 1. The number of likely N-dealkylation sites (tertiary alicyclic amines) is 1. The number of rotatable bonds is 2. The van der Waals surface area contributed by atoms with Crippen molar-refractivity contribution in [3.8, 4) is 0 Å². The van der Waals surface area contributed by atoms with Gasteiger partial charge in [-0.15, -0.1) is 0 Å². The van der Waals surface area contributed by atoms with Gasteiger partial charge in [0.25, 0.3) is 0 Å². The van der Waals surface area contributed by atoms with Crippen LogP contribution in [0.25, 0.3) is 0 Å². The summed E-state index contributed by atoms with van der Waals surface area (Å²) in [6, 6.07) is 6.62. The number of hydrogen-bond acceptors (Lipinski definition) is 2. The number of carboxylic acid groups (broad SMARTS) is 1. The Morgan fingerprint density at radius 1 is 1.40 bits per heavy atom. The third-order valence-corrected chi connectivity index (χ3v) is 5.24. The molecule has 1 heterocycles. The lowest BCUT2D eigenvalue weighted by molar-refractivity contribution is -0.151. The van der Waals surface area contributed by atoms with Gasteiger partial charge in [0.05, 0.1) is 5.41 Å². The molecule has 0 bridgehead atoms. The number of fused-ring (bicyclic) bond motifs is 1. The van der Waals surface area contributed by atoms with E-state index < -0.39 is 11.4 Å². The van der Waals surface area contributed by atoms with Crippen LogP contribution >= 0.6 is 11.6 Å². The van der Waals surface area contributed by atoms with Crippen LogP contribution in [0, 0.1) is 5.41 Å². The summed E-state index contributed by atoms with van der Waals surface area (Å²) in [5, 5.41) is 10.1. The van der Waals surface area contributed by atoms with Gasteiger partial charge in [0, 0.05) is 11.1 Å². The number of benzene rings is 1. The highest BCUT2D eigenvalue weighted by Gasteiger charge is 2.39. The molecule has 1 fully saturated rings. The van der Waals surface area contributed by atoms with Crippen LogP contribution in [-0.4, -0.2) is 29.1 Å². The summed E-state index contributed by atoms with van der Waals surface area (Å²) in [5.41, 5.74) is 2.19. The molecule has 3 nitrogen and oxygen atoms in total. The Hall–Kier alpha value is -1.06. The van der Waals surface area contributed by atoms with Gasteiger partial charge in [0.2, 0.25) is 0 Å². The molecule has 1 atom stereocenters. The lowest BCUT2D eigenvalue weighted by Crippen LogP contribution is -2.43. The second-order valence-electron chi connectivity index (χ2n) is 6.30. The Morgan fingerprint density at radius 3 is 2.75 bits per heavy atom. The number of nitrogens with zero attached hydrogens (tertiary/aromatic N) is 1. The molecule has 0 saturated carbocycles. The summed E-state index contributed by atoms with van der Waals surface area (Å²) < 4.78 is 0. The third-order valence-electron chi connectivity index (χ3n) is 5.01. The minimum atomic E-state index is -0.657. The molecule has 1 aliphatic heterocycles. The number of aryl methyl sites for hydroxylation is 1. The number of aliphatic carboxylic acids is 1. The largest absolute Gasteiger partial charge is 0.481 e. The van der Waals surface area contributed by atoms with Gasteiger partial charge in [0.1, 0.15) is 0 Å². The first kappa shape index (κ1) is 13.9. The van der Waals surface area contributed by atoms with E-state index in [0.29, 0.717) is 6.04 Å². The van der Waals surface area contributed by atoms with Crippen LogP contribution in [0.15, 0.2) is 18.2 Å². The summed E-state index contributed by atoms with van der Waals surface area (Å²) in [6.07, 6.45) is 3.68. The normalized spacial score (nSPS) is 25.4. The molecular formula is C16H20ClNO2. The van der Waals surface area contributed by atoms with Crippen molar-refractivity contribution in [3.63, 3.8) is 0 Å². The smallest absolute Gasteiger partial charge is 0.309 e. The van der Waals surface area contributed by atoms with Crippen LogP contribution < -0.4 is 0 Å². The molecule has 1 aliphatic carbocycles. The SMILES string of the molecule is CC1(C(=O)O)CCN(C2CCc3cc(Cl)ccc32)CC1. The zero-order valence-corrected chi connectivity index (χ0v) is 12.5. The minimum absolute atomic E-state index is 0.445. The van der Waals surface area contributed by atoms with E-state index in [1.807, 2.05) is 13.0 Å². The van der Waals surface area contributed by atoms with Crippen LogP contribution in [0.3, 0.4) is 0 Å². The van der Waals surface area contributed by atoms with E-state index in [0.717, 1.165) is 43.8 Å². The van der Waals surface area contributed by atoms with E-state index in [4.69, 9.17) is 11.6 Å². The second kappa shape index (κ2) is 5.05. The fraction of sp³-hybridized carbons (Fsp3) is 0.562. The van der Waals surface area contributed by atoms with E-state index in [1.165, 1.54) is 11.1 Å². The molecule has 1 aromatic rings. The van der Waals surface area contributed by atoms with Crippen molar-refractivity contribution in [2.75, 3.05) is 13.1 Å². The van der Waals surface area contributed by atoms with Crippen molar-refractivity contribution in [2.24, 2.45) is 5.41 Å². The van der Waals surface area contributed by atoms with Gasteiger partial charge < -0.3 is 5.11 Å². The van der Waals surface area contributed by atoms with E-state index in [2.05, 4.69) is 17.0 Å². The summed E-state index contributed by atoms with van der Waals surface area (Å²) in [7, 11) is 0. The Bertz CT molecular complexity index is 535. The monoisotopic (exact) mass is 293 g/mol. The number of piperidine rings is 1. The lowest BCUT2D eigenvalue weighted by atomic mass is 9.80. The van der Waals surface area contributed by atoms with Crippen LogP contribution in [0.4, 0.5) is 0 Å². The summed E-state index contributed by atoms with van der Waals surface area (Å²) in [4.78, 5) is 13.8. The highest BCUT2D eigenvalue weighted by Crippen LogP contribution is 2.41. The van der Waals surface area contributed by atoms with E-state index >= 15 is 0 Å². The maximum Gasteiger partial charge on any atom is 0.309 e. The quantitative estimate of drug-likeness (QED) is 0.907. The first-order valence-corrected chi connectivity index (χ1v) is 7.63. The summed E-state index contributed by atoms with van der Waals surface area (Å²) in [6.45, 7) is 3.61. The first-order chi connectivity index (χ1) is 9.49. The van der Waals surface area contributed by atoms with Crippen LogP contribution in [0.2, 0.25) is 5.02 Å². The molecule has 1 unspecified atom stereocenters. The maximum atomic E-state index is 11.3. The summed E-state index contributed by atoms with van der Waals surface area (Å²) in [5.74, 6) is -0.657. The average Bonchev–Trinajstić information content (AvgIpc) is 2.82. The van der Waals surface area contributed by atoms with Crippen LogP contribution in [0.5, 0.6) is 0 Å². The molecule has 0 aromatic heterocycles. The highest BCUT2D eigenvalue weighted by atomic mass is 35.5. The molecule has 1 N–H and O–H groups in total. The van der Waals surface area contributed by atoms with Gasteiger partial charge in [0.15, 0.2) is 0 Å². The highest BCUT2D eigenvalue weighted by molar-refractivity contribution is 6.30. The fourth-order valence-corrected chi connectivity index (χ4v) is 3.68. The van der Waals surface area contributed by atoms with Gasteiger partial charge in [-0.2, -0.15) is 0 Å². The van der Waals surface area contributed by atoms with Crippen molar-refractivity contribution in [1.82, 2.24) is 4.90 Å². The first-order valence-electron chi connectivity index (χ1n) is 7.25. The van der Waals surface area contributed by atoms with Crippen molar-refractivity contribution in [3.05, 3.63) is 34.3 Å². The Morgan fingerprint density at radius 2 is 2.10 bits per heavy atom. The zero-order chi connectivity index (χ0) is 14.3. The van der Waals surface area contributed by atoms with Gasteiger partial charge >= 0.3 is 5.97 Å². The lowest BCUT2D eigenvalue weighted by Gasteiger charge is -2.39.